The van der Waals surface area contributed by atoms with Crippen LogP contribution >= 0.6 is 11.6 Å². The van der Waals surface area contributed by atoms with E-state index in [0.29, 0.717) is 11.3 Å². The lowest BCUT2D eigenvalue weighted by Crippen LogP contribution is -2.15. The van der Waals surface area contributed by atoms with Crippen molar-refractivity contribution in [3.63, 3.8) is 0 Å². The van der Waals surface area contributed by atoms with Crippen molar-refractivity contribution in [3.8, 4) is 0 Å². The van der Waals surface area contributed by atoms with Crippen LogP contribution in [-0.4, -0.2) is 15.9 Å². The lowest BCUT2D eigenvalue weighted by molar-refractivity contribution is 0.102. The average molecular weight is 266 g/mol. The van der Waals surface area contributed by atoms with Crippen LogP contribution in [0, 0.1) is 20.8 Å². The van der Waals surface area contributed by atoms with Gasteiger partial charge in [0.1, 0.15) is 11.5 Å². The maximum atomic E-state index is 12.1. The van der Waals surface area contributed by atoms with Crippen molar-refractivity contribution in [2.45, 2.75) is 20.8 Å². The van der Waals surface area contributed by atoms with Gasteiger partial charge < -0.3 is 9.73 Å². The van der Waals surface area contributed by atoms with Crippen LogP contribution in [0.15, 0.2) is 16.8 Å². The van der Waals surface area contributed by atoms with Gasteiger partial charge in [0.05, 0.1) is 5.56 Å². The number of amides is 1. The number of aryl methyl sites for hydroxylation is 2. The molecule has 0 spiro atoms. The van der Waals surface area contributed by atoms with Crippen LogP contribution in [-0.2, 0) is 0 Å². The van der Waals surface area contributed by atoms with Crippen molar-refractivity contribution in [3.05, 3.63) is 40.2 Å². The number of hydrogen-bond acceptors (Lipinski definition) is 4. The van der Waals surface area contributed by atoms with Gasteiger partial charge in [-0.1, -0.05) is 11.6 Å². The Balaban J connectivity index is 2.31. The Hall–Kier alpha value is -1.88. The summed E-state index contributed by atoms with van der Waals surface area (Å²) >= 11 is 5.83. The van der Waals surface area contributed by atoms with E-state index in [4.69, 9.17) is 16.0 Å². The summed E-state index contributed by atoms with van der Waals surface area (Å²) in [4.78, 5) is 19.9. The van der Waals surface area contributed by atoms with E-state index in [1.54, 1.807) is 6.92 Å². The molecule has 18 heavy (non-hydrogen) atoms. The topological polar surface area (TPSA) is 68.0 Å². The molecule has 2 aromatic rings. The normalized spacial score (nSPS) is 10.4. The number of nitrogens with zero attached hydrogens (tertiary/aromatic N) is 2. The van der Waals surface area contributed by atoms with E-state index in [1.165, 1.54) is 12.4 Å². The van der Waals surface area contributed by atoms with Gasteiger partial charge in [0.2, 0.25) is 0 Å². The van der Waals surface area contributed by atoms with Gasteiger partial charge in [0.25, 0.3) is 5.91 Å². The van der Waals surface area contributed by atoms with Crippen LogP contribution < -0.4 is 5.32 Å². The van der Waals surface area contributed by atoms with Crippen molar-refractivity contribution < 1.29 is 9.21 Å². The standard InChI is InChI=1S/C12H12ClN3O2/c1-6-7(2)18-8(3)9(6)12(17)16-11-10(13)14-4-5-15-11/h4-5H,1-3H3,(H,15,16,17). The van der Waals surface area contributed by atoms with E-state index in [0.717, 1.165) is 11.3 Å². The lowest BCUT2D eigenvalue weighted by Gasteiger charge is -2.05. The molecule has 0 fully saturated rings. The number of carbonyl (C=O) groups is 1. The first-order valence-electron chi connectivity index (χ1n) is 5.35. The average Bonchev–Trinajstić information content (AvgIpc) is 2.56. The largest absolute Gasteiger partial charge is 0.466 e. The van der Waals surface area contributed by atoms with Crippen LogP contribution in [0.4, 0.5) is 5.82 Å². The highest BCUT2D eigenvalue weighted by atomic mass is 35.5. The molecule has 0 saturated heterocycles. The van der Waals surface area contributed by atoms with E-state index in [-0.39, 0.29) is 16.9 Å². The molecule has 0 aliphatic rings. The Labute approximate surface area is 109 Å². The van der Waals surface area contributed by atoms with Crippen molar-refractivity contribution in [2.24, 2.45) is 0 Å². The van der Waals surface area contributed by atoms with Crippen LogP contribution in [0.2, 0.25) is 5.15 Å². The Morgan fingerprint density at radius 2 is 1.89 bits per heavy atom. The van der Waals surface area contributed by atoms with Crippen LogP contribution in [0.3, 0.4) is 0 Å². The minimum atomic E-state index is -0.302. The summed E-state index contributed by atoms with van der Waals surface area (Å²) in [7, 11) is 0. The molecule has 0 aliphatic carbocycles. The second-order valence-corrected chi connectivity index (χ2v) is 4.22. The number of halogens is 1. The van der Waals surface area contributed by atoms with Crippen LogP contribution in [0.5, 0.6) is 0 Å². The van der Waals surface area contributed by atoms with Gasteiger partial charge in [-0.25, -0.2) is 9.97 Å². The molecule has 0 aliphatic heterocycles. The summed E-state index contributed by atoms with van der Waals surface area (Å²) in [6.45, 7) is 5.39. The Kier molecular flexibility index (Phi) is 3.34. The predicted molar refractivity (Wildman–Crippen MR) is 67.9 cm³/mol. The molecule has 0 atom stereocenters. The van der Waals surface area contributed by atoms with Crippen molar-refractivity contribution >= 4 is 23.3 Å². The molecule has 2 heterocycles. The molecule has 0 radical (unpaired) electrons. The van der Waals surface area contributed by atoms with Gasteiger partial charge >= 0.3 is 0 Å². The van der Waals surface area contributed by atoms with E-state index < -0.39 is 0 Å². The van der Waals surface area contributed by atoms with E-state index in [9.17, 15) is 4.79 Å². The Morgan fingerprint density at radius 1 is 1.22 bits per heavy atom. The molecule has 6 heteroatoms. The highest BCUT2D eigenvalue weighted by Gasteiger charge is 2.19. The number of hydrogen-bond donors (Lipinski definition) is 1. The van der Waals surface area contributed by atoms with Gasteiger partial charge in [0, 0.05) is 18.0 Å². The first kappa shape index (κ1) is 12.6. The molecule has 0 unspecified atom stereocenters. The summed E-state index contributed by atoms with van der Waals surface area (Å²) in [5, 5.41) is 2.77. The summed E-state index contributed by atoms with van der Waals surface area (Å²) in [5.74, 6) is 1.23. The van der Waals surface area contributed by atoms with Gasteiger partial charge in [-0.15, -0.1) is 0 Å². The Bertz CT molecular complexity index is 607. The molecular formula is C12H12ClN3O2. The molecule has 0 saturated carbocycles. The highest BCUT2D eigenvalue weighted by Crippen LogP contribution is 2.22. The second-order valence-electron chi connectivity index (χ2n) is 3.86. The fourth-order valence-corrected chi connectivity index (χ4v) is 1.85. The predicted octanol–water partition coefficient (Wildman–Crippen LogP) is 2.90. The minimum absolute atomic E-state index is 0.154. The summed E-state index contributed by atoms with van der Waals surface area (Å²) in [6, 6.07) is 0. The third-order valence-electron chi connectivity index (χ3n) is 2.67. The Morgan fingerprint density at radius 3 is 2.44 bits per heavy atom. The second kappa shape index (κ2) is 4.78. The zero-order valence-electron chi connectivity index (χ0n) is 10.2. The van der Waals surface area contributed by atoms with Crippen LogP contribution in [0.1, 0.15) is 27.4 Å². The maximum Gasteiger partial charge on any atom is 0.260 e. The van der Waals surface area contributed by atoms with E-state index >= 15 is 0 Å². The van der Waals surface area contributed by atoms with Crippen LogP contribution in [0.25, 0.3) is 0 Å². The third kappa shape index (κ3) is 2.22. The van der Waals surface area contributed by atoms with Gasteiger partial charge in [0.15, 0.2) is 11.0 Å². The summed E-state index contributed by atoms with van der Waals surface area (Å²) < 4.78 is 5.40. The smallest absolute Gasteiger partial charge is 0.260 e. The van der Waals surface area contributed by atoms with E-state index in [1.807, 2.05) is 13.8 Å². The number of furan rings is 1. The fraction of sp³-hybridized carbons (Fsp3) is 0.250. The van der Waals surface area contributed by atoms with Gasteiger partial charge in [-0.3, -0.25) is 4.79 Å². The number of rotatable bonds is 2. The zero-order chi connectivity index (χ0) is 13.3. The van der Waals surface area contributed by atoms with E-state index in [2.05, 4.69) is 15.3 Å². The first-order chi connectivity index (χ1) is 8.50. The molecule has 94 valence electrons. The van der Waals surface area contributed by atoms with Gasteiger partial charge in [-0.05, 0) is 20.8 Å². The number of aromatic nitrogens is 2. The number of anilines is 1. The van der Waals surface area contributed by atoms with Crippen molar-refractivity contribution in [2.75, 3.05) is 5.32 Å². The molecule has 2 aromatic heterocycles. The fourth-order valence-electron chi connectivity index (χ4n) is 1.70. The maximum absolute atomic E-state index is 12.1. The zero-order valence-corrected chi connectivity index (χ0v) is 11.0. The molecule has 0 bridgehead atoms. The SMILES string of the molecule is Cc1oc(C)c(C(=O)Nc2nccnc2Cl)c1C. The van der Waals surface area contributed by atoms with Crippen molar-refractivity contribution in [1.82, 2.24) is 9.97 Å². The van der Waals surface area contributed by atoms with Crippen molar-refractivity contribution in [1.29, 1.82) is 0 Å². The number of nitrogens with one attached hydrogen (secondary N) is 1. The third-order valence-corrected chi connectivity index (χ3v) is 2.95. The quantitative estimate of drug-likeness (QED) is 0.906. The molecule has 0 aromatic carbocycles. The minimum Gasteiger partial charge on any atom is -0.466 e. The van der Waals surface area contributed by atoms with Gasteiger partial charge in [-0.2, -0.15) is 0 Å². The lowest BCUT2D eigenvalue weighted by atomic mass is 10.1. The summed E-state index contributed by atoms with van der Waals surface area (Å²) in [5.41, 5.74) is 1.32. The summed E-state index contributed by atoms with van der Waals surface area (Å²) in [6.07, 6.45) is 2.91. The number of carbonyl (C=O) groups excluding carboxylic acids is 1. The monoisotopic (exact) mass is 265 g/mol. The molecular weight excluding hydrogens is 254 g/mol. The molecule has 5 nitrogen and oxygen atoms in total. The first-order valence-corrected chi connectivity index (χ1v) is 5.73. The molecule has 2 rings (SSSR count). The highest BCUT2D eigenvalue weighted by molar-refractivity contribution is 6.32. The molecule has 1 amide bonds. The molecule has 1 N–H and O–H groups in total.